The number of carbonyl (C=O) groups is 2. The van der Waals surface area contributed by atoms with Gasteiger partial charge in [-0.25, -0.2) is 9.98 Å². The summed E-state index contributed by atoms with van der Waals surface area (Å²) in [6, 6.07) is 2.05. The predicted molar refractivity (Wildman–Crippen MR) is 125 cm³/mol. The van der Waals surface area contributed by atoms with Crippen LogP contribution in [0.3, 0.4) is 0 Å². The standard InChI is InChI=1S/C23H29N7O2/c1-5-23-11-17(23)19-18(28-22(23)32)10-16(13-26-19)14-29-6-8-30(9-7-29)15(2)12-27-20(24-3)21(31)25-4/h10-13H,3,5-9,14H2,1-2,4H3,(H,25,31)(H,28,32)/b15-12+,27-20?/t23-/m1/s1. The molecule has 0 saturated carbocycles. The van der Waals surface area contributed by atoms with E-state index in [9.17, 15) is 9.59 Å². The molecule has 3 aliphatic rings. The number of piperazine rings is 1. The van der Waals surface area contributed by atoms with Crippen LogP contribution < -0.4 is 10.6 Å². The molecule has 2 amide bonds. The molecule has 3 heterocycles. The number of carbonyl (C=O) groups excluding carboxylic acids is 2. The van der Waals surface area contributed by atoms with Crippen LogP contribution in [0.1, 0.15) is 31.5 Å². The van der Waals surface area contributed by atoms with E-state index in [1.54, 1.807) is 6.20 Å². The number of aromatic nitrogens is 1. The van der Waals surface area contributed by atoms with Crippen LogP contribution in [0.4, 0.5) is 5.69 Å². The third-order valence-electron chi connectivity index (χ3n) is 6.43. The van der Waals surface area contributed by atoms with Gasteiger partial charge in [0.2, 0.25) is 11.7 Å². The van der Waals surface area contributed by atoms with Gasteiger partial charge in [0.25, 0.3) is 5.91 Å². The lowest BCUT2D eigenvalue weighted by molar-refractivity contribution is -0.120. The fourth-order valence-corrected chi connectivity index (χ4v) is 4.31. The first-order valence-electron chi connectivity index (χ1n) is 10.9. The van der Waals surface area contributed by atoms with Crippen molar-refractivity contribution in [3.8, 4) is 0 Å². The first-order chi connectivity index (χ1) is 15.4. The van der Waals surface area contributed by atoms with Crippen LogP contribution in [-0.2, 0) is 16.1 Å². The Morgan fingerprint density at radius 3 is 2.78 bits per heavy atom. The summed E-state index contributed by atoms with van der Waals surface area (Å²) in [6.07, 6.45) is 6.39. The van der Waals surface area contributed by atoms with E-state index in [0.29, 0.717) is 0 Å². The average molecular weight is 436 g/mol. The molecule has 1 aromatic heterocycles. The number of fused-ring (bicyclic) bond motifs is 3. The van der Waals surface area contributed by atoms with Gasteiger partial charge in [-0.2, -0.15) is 0 Å². The van der Waals surface area contributed by atoms with Crippen molar-refractivity contribution in [2.45, 2.75) is 26.8 Å². The number of amides is 2. The van der Waals surface area contributed by atoms with Gasteiger partial charge in [0.15, 0.2) is 0 Å². The number of pyridine rings is 1. The maximum Gasteiger partial charge on any atom is 0.288 e. The number of nitrogens with one attached hydrogen (secondary N) is 2. The summed E-state index contributed by atoms with van der Waals surface area (Å²) >= 11 is 0. The highest BCUT2D eigenvalue weighted by molar-refractivity contribution is 6.39. The lowest BCUT2D eigenvalue weighted by atomic mass is 9.90. The van der Waals surface area contributed by atoms with Gasteiger partial charge in [0.1, 0.15) is 0 Å². The molecule has 9 nitrogen and oxygen atoms in total. The van der Waals surface area contributed by atoms with Crippen molar-refractivity contribution in [2.24, 2.45) is 15.4 Å². The number of nitrogens with zero attached hydrogens (tertiary/aromatic N) is 5. The van der Waals surface area contributed by atoms with Gasteiger partial charge in [-0.05, 0) is 37.3 Å². The largest absolute Gasteiger partial charge is 0.371 e. The van der Waals surface area contributed by atoms with Crippen molar-refractivity contribution < 1.29 is 9.59 Å². The van der Waals surface area contributed by atoms with E-state index in [2.05, 4.69) is 42.1 Å². The molecule has 9 heteroatoms. The lowest BCUT2D eigenvalue weighted by Gasteiger charge is -2.36. The van der Waals surface area contributed by atoms with Crippen molar-refractivity contribution >= 4 is 35.6 Å². The Morgan fingerprint density at radius 1 is 1.38 bits per heavy atom. The van der Waals surface area contributed by atoms with Gasteiger partial charge in [-0.1, -0.05) is 13.0 Å². The van der Waals surface area contributed by atoms with Crippen LogP contribution in [0.2, 0.25) is 0 Å². The molecule has 0 spiro atoms. The van der Waals surface area contributed by atoms with Gasteiger partial charge >= 0.3 is 0 Å². The number of amidine groups is 1. The topological polar surface area (TPSA) is 102 Å². The molecule has 0 aromatic carbocycles. The molecule has 1 atom stereocenters. The molecule has 32 heavy (non-hydrogen) atoms. The Morgan fingerprint density at radius 2 is 2.12 bits per heavy atom. The Kier molecular flexibility index (Phi) is 5.92. The maximum atomic E-state index is 12.5. The highest BCUT2D eigenvalue weighted by Crippen LogP contribution is 2.57. The minimum absolute atomic E-state index is 0.0515. The summed E-state index contributed by atoms with van der Waals surface area (Å²) in [7, 11) is 1.53. The van der Waals surface area contributed by atoms with Gasteiger partial charge in [0.05, 0.1) is 16.8 Å². The molecule has 2 aliphatic heterocycles. The highest BCUT2D eigenvalue weighted by atomic mass is 16.2. The normalized spacial score (nSPS) is 23.0. The molecule has 0 unspecified atom stereocenters. The highest BCUT2D eigenvalue weighted by Gasteiger charge is 2.54. The Hall–Kier alpha value is -3.33. The molecule has 1 aromatic rings. The van der Waals surface area contributed by atoms with E-state index in [-0.39, 0.29) is 17.6 Å². The molecule has 1 fully saturated rings. The van der Waals surface area contributed by atoms with E-state index in [4.69, 9.17) is 0 Å². The average Bonchev–Trinajstić information content (AvgIpc) is 3.56. The molecule has 1 saturated heterocycles. The second-order valence-corrected chi connectivity index (χ2v) is 8.30. The van der Waals surface area contributed by atoms with Gasteiger partial charge in [0, 0.05) is 57.9 Å². The van der Waals surface area contributed by atoms with Crippen molar-refractivity contribution in [1.82, 2.24) is 20.1 Å². The van der Waals surface area contributed by atoms with Crippen molar-refractivity contribution in [3.63, 3.8) is 0 Å². The first kappa shape index (κ1) is 21.9. The molecule has 1 aliphatic carbocycles. The number of rotatable bonds is 5. The molecule has 0 radical (unpaired) electrons. The number of hydrogen-bond acceptors (Lipinski definition) is 6. The van der Waals surface area contributed by atoms with E-state index >= 15 is 0 Å². The second kappa shape index (κ2) is 8.66. The summed E-state index contributed by atoms with van der Waals surface area (Å²) in [4.78, 5) is 41.2. The Bertz CT molecular complexity index is 1050. The van der Waals surface area contributed by atoms with Gasteiger partial charge in [-0.3, -0.25) is 19.5 Å². The summed E-state index contributed by atoms with van der Waals surface area (Å²) in [5, 5.41) is 5.54. The van der Waals surface area contributed by atoms with Gasteiger partial charge < -0.3 is 15.5 Å². The zero-order chi connectivity index (χ0) is 22.9. The number of likely N-dealkylation sites (N-methyl/N-ethyl adjacent to an activating group) is 1. The number of hydrogen-bond donors (Lipinski definition) is 2. The minimum atomic E-state index is -0.421. The number of aliphatic imine (C=N–C) groups is 2. The van der Waals surface area contributed by atoms with E-state index in [0.717, 1.165) is 67.4 Å². The molecular formula is C23H29N7O2. The van der Waals surface area contributed by atoms with Crippen molar-refractivity contribution in [3.05, 3.63) is 41.5 Å². The fourth-order valence-electron chi connectivity index (χ4n) is 4.31. The van der Waals surface area contributed by atoms with E-state index < -0.39 is 5.41 Å². The SMILES string of the molecule is C=NC(=N/C=C(\C)N1CCN(Cc2cnc3c(c2)NC(=O)[C@]2(CC)C=C32)CC1)C(=O)NC. The monoisotopic (exact) mass is 435 g/mol. The van der Waals surface area contributed by atoms with Crippen molar-refractivity contribution in [1.29, 1.82) is 0 Å². The third-order valence-corrected chi connectivity index (χ3v) is 6.43. The quantitative estimate of drug-likeness (QED) is 0.541. The second-order valence-electron chi connectivity index (χ2n) is 8.30. The Balaban J connectivity index is 1.35. The number of anilines is 1. The summed E-state index contributed by atoms with van der Waals surface area (Å²) in [6.45, 7) is 11.7. The number of allylic oxidation sites excluding steroid dienone is 1. The van der Waals surface area contributed by atoms with Crippen LogP contribution in [0.15, 0.2) is 40.2 Å². The third kappa shape index (κ3) is 3.95. The van der Waals surface area contributed by atoms with Crippen LogP contribution >= 0.6 is 0 Å². The summed E-state index contributed by atoms with van der Waals surface area (Å²) in [5.74, 6) is -0.246. The van der Waals surface area contributed by atoms with Crippen LogP contribution in [0.25, 0.3) is 5.57 Å². The zero-order valence-electron chi connectivity index (χ0n) is 18.8. The lowest BCUT2D eigenvalue weighted by Crippen LogP contribution is -2.45. The summed E-state index contributed by atoms with van der Waals surface area (Å²) < 4.78 is 0. The molecule has 168 valence electrons. The Labute approximate surface area is 188 Å². The smallest absolute Gasteiger partial charge is 0.288 e. The van der Waals surface area contributed by atoms with E-state index in [1.807, 2.05) is 32.2 Å². The molecule has 2 N–H and O–H groups in total. The first-order valence-corrected chi connectivity index (χ1v) is 10.9. The van der Waals surface area contributed by atoms with Crippen LogP contribution in [0.5, 0.6) is 0 Å². The van der Waals surface area contributed by atoms with Crippen LogP contribution in [-0.4, -0.2) is 72.4 Å². The molecule has 4 rings (SSSR count). The summed E-state index contributed by atoms with van der Waals surface area (Å²) in [5.41, 5.74) is 4.44. The zero-order valence-corrected chi connectivity index (χ0v) is 18.8. The minimum Gasteiger partial charge on any atom is -0.371 e. The van der Waals surface area contributed by atoms with Crippen molar-refractivity contribution in [2.75, 3.05) is 38.5 Å². The maximum absolute atomic E-state index is 12.5. The van der Waals surface area contributed by atoms with Crippen LogP contribution in [0, 0.1) is 5.41 Å². The molecule has 0 bridgehead atoms. The predicted octanol–water partition coefficient (Wildman–Crippen LogP) is 1.65. The van der Waals surface area contributed by atoms with Gasteiger partial charge in [-0.15, -0.1) is 0 Å². The fraction of sp³-hybridized carbons (Fsp3) is 0.435. The molecular weight excluding hydrogens is 406 g/mol. The van der Waals surface area contributed by atoms with E-state index in [1.165, 1.54) is 7.05 Å².